The first-order valence-electron chi connectivity index (χ1n) is 5.76. The number of benzene rings is 2. The first kappa shape index (κ1) is 13.9. The summed E-state index contributed by atoms with van der Waals surface area (Å²) < 4.78 is 26.8. The van der Waals surface area contributed by atoms with Gasteiger partial charge in [-0.2, -0.15) is 0 Å². The predicted molar refractivity (Wildman–Crippen MR) is 77.2 cm³/mol. The molecule has 6 nitrogen and oxygen atoms in total. The molecule has 0 aliphatic carbocycles. The van der Waals surface area contributed by atoms with E-state index in [1.54, 1.807) is 18.2 Å². The maximum absolute atomic E-state index is 12.2. The number of rotatable bonds is 4. The van der Waals surface area contributed by atoms with Crippen LogP contribution in [0.1, 0.15) is 5.56 Å². The van der Waals surface area contributed by atoms with Crippen molar-refractivity contribution in [2.24, 2.45) is 5.11 Å². The van der Waals surface area contributed by atoms with Gasteiger partial charge >= 0.3 is 0 Å². The number of hydrogen-bond acceptors (Lipinski definition) is 3. The fourth-order valence-corrected chi connectivity index (χ4v) is 2.72. The predicted octanol–water partition coefficient (Wildman–Crippen LogP) is 3.74. The summed E-state index contributed by atoms with van der Waals surface area (Å²) >= 11 is 0. The third-order valence-electron chi connectivity index (χ3n) is 2.58. The summed E-state index contributed by atoms with van der Waals surface area (Å²) in [5.41, 5.74) is 10.1. The van der Waals surface area contributed by atoms with Crippen LogP contribution in [0, 0.1) is 6.92 Å². The lowest BCUT2D eigenvalue weighted by Gasteiger charge is -2.08. The maximum Gasteiger partial charge on any atom is 0.261 e. The highest BCUT2D eigenvalue weighted by Gasteiger charge is 2.13. The average Bonchev–Trinajstić information content (AvgIpc) is 2.39. The molecule has 0 unspecified atom stereocenters. The molecule has 2 rings (SSSR count). The second-order valence-electron chi connectivity index (χ2n) is 4.16. The fraction of sp³-hybridized carbons (Fsp3) is 0.0769. The van der Waals surface area contributed by atoms with Gasteiger partial charge in [0.15, 0.2) is 0 Å². The van der Waals surface area contributed by atoms with Gasteiger partial charge < -0.3 is 0 Å². The molecule has 1 N–H and O–H groups in total. The molecule has 102 valence electrons. The van der Waals surface area contributed by atoms with E-state index in [1.165, 1.54) is 24.3 Å². The summed E-state index contributed by atoms with van der Waals surface area (Å²) in [6, 6.07) is 12.8. The highest BCUT2D eigenvalue weighted by atomic mass is 32.2. The van der Waals surface area contributed by atoms with Crippen LogP contribution in [0.15, 0.2) is 58.5 Å². The molecular formula is C13H12N4O2S. The molecule has 0 aliphatic heterocycles. The number of nitrogens with one attached hydrogen (secondary N) is 1. The molecule has 0 amide bonds. The topological polar surface area (TPSA) is 94.9 Å². The normalized spacial score (nSPS) is 10.7. The van der Waals surface area contributed by atoms with Crippen molar-refractivity contribution in [2.75, 3.05) is 4.72 Å². The standard InChI is InChI=1S/C13H12N4O2S/c1-10-3-2-4-12(9-10)16-20(18,19)13-7-5-11(6-8-13)15-17-14/h2-9,16H,1H3. The molecule has 0 radical (unpaired) electrons. The van der Waals surface area contributed by atoms with Gasteiger partial charge in [0.25, 0.3) is 10.0 Å². The Morgan fingerprint density at radius 3 is 2.45 bits per heavy atom. The molecule has 7 heteroatoms. The second-order valence-corrected chi connectivity index (χ2v) is 5.84. The lowest BCUT2D eigenvalue weighted by atomic mass is 10.2. The first-order valence-corrected chi connectivity index (χ1v) is 7.24. The van der Waals surface area contributed by atoms with E-state index in [1.807, 2.05) is 13.0 Å². The van der Waals surface area contributed by atoms with E-state index in [-0.39, 0.29) is 4.90 Å². The molecule has 0 aliphatic rings. The number of aryl methyl sites for hydroxylation is 1. The summed E-state index contributed by atoms with van der Waals surface area (Å²) in [5, 5.41) is 3.39. The van der Waals surface area contributed by atoms with Crippen LogP contribution in [0.2, 0.25) is 0 Å². The van der Waals surface area contributed by atoms with Gasteiger partial charge in [-0.25, -0.2) is 8.42 Å². The summed E-state index contributed by atoms with van der Waals surface area (Å²) in [7, 11) is -3.65. The third kappa shape index (κ3) is 3.28. The zero-order valence-corrected chi connectivity index (χ0v) is 11.5. The monoisotopic (exact) mass is 288 g/mol. The van der Waals surface area contributed by atoms with Crippen LogP contribution >= 0.6 is 0 Å². The second kappa shape index (κ2) is 5.64. The van der Waals surface area contributed by atoms with Crippen molar-refractivity contribution >= 4 is 21.4 Å². The van der Waals surface area contributed by atoms with Crippen molar-refractivity contribution in [3.05, 3.63) is 64.5 Å². The van der Waals surface area contributed by atoms with Crippen molar-refractivity contribution in [2.45, 2.75) is 11.8 Å². The van der Waals surface area contributed by atoms with Crippen molar-refractivity contribution in [1.82, 2.24) is 0 Å². The van der Waals surface area contributed by atoms with Gasteiger partial charge in [0, 0.05) is 16.3 Å². The number of nitrogens with zero attached hydrogens (tertiary/aromatic N) is 3. The number of sulfonamides is 1. The average molecular weight is 288 g/mol. The van der Waals surface area contributed by atoms with E-state index in [0.29, 0.717) is 11.4 Å². The van der Waals surface area contributed by atoms with Crippen LogP contribution in [0.25, 0.3) is 10.4 Å². The van der Waals surface area contributed by atoms with Gasteiger partial charge in [0.1, 0.15) is 0 Å². The minimum Gasteiger partial charge on any atom is -0.280 e. The molecule has 0 atom stereocenters. The molecule has 0 bridgehead atoms. The van der Waals surface area contributed by atoms with E-state index in [4.69, 9.17) is 5.53 Å². The highest BCUT2D eigenvalue weighted by Crippen LogP contribution is 2.20. The lowest BCUT2D eigenvalue weighted by molar-refractivity contribution is 0.601. The third-order valence-corrected chi connectivity index (χ3v) is 3.97. The van der Waals surface area contributed by atoms with Gasteiger partial charge in [0.2, 0.25) is 0 Å². The number of anilines is 1. The molecule has 0 heterocycles. The quantitative estimate of drug-likeness (QED) is 0.527. The van der Waals surface area contributed by atoms with Gasteiger partial charge in [-0.15, -0.1) is 0 Å². The molecule has 0 aromatic heterocycles. The zero-order chi connectivity index (χ0) is 14.6. The van der Waals surface area contributed by atoms with Crippen LogP contribution in [0.5, 0.6) is 0 Å². The smallest absolute Gasteiger partial charge is 0.261 e. The minimum absolute atomic E-state index is 0.107. The lowest BCUT2D eigenvalue weighted by Crippen LogP contribution is -2.12. The van der Waals surface area contributed by atoms with Crippen LogP contribution in [-0.4, -0.2) is 8.42 Å². The van der Waals surface area contributed by atoms with E-state index >= 15 is 0 Å². The van der Waals surface area contributed by atoms with E-state index in [0.717, 1.165) is 5.56 Å². The Balaban J connectivity index is 2.28. The molecule has 0 saturated carbocycles. The van der Waals surface area contributed by atoms with Gasteiger partial charge in [-0.1, -0.05) is 29.4 Å². The fourth-order valence-electron chi connectivity index (χ4n) is 1.67. The number of hydrogen-bond donors (Lipinski definition) is 1. The highest BCUT2D eigenvalue weighted by molar-refractivity contribution is 7.92. The number of azide groups is 1. The first-order chi connectivity index (χ1) is 9.51. The van der Waals surface area contributed by atoms with Crippen molar-refractivity contribution in [3.8, 4) is 0 Å². The molecule has 0 fully saturated rings. The Morgan fingerprint density at radius 1 is 1.15 bits per heavy atom. The molecule has 2 aromatic carbocycles. The van der Waals surface area contributed by atoms with Gasteiger partial charge in [0.05, 0.1) is 4.90 Å². The Kier molecular flexibility index (Phi) is 3.93. The molecule has 20 heavy (non-hydrogen) atoms. The largest absolute Gasteiger partial charge is 0.280 e. The van der Waals surface area contributed by atoms with Crippen molar-refractivity contribution in [3.63, 3.8) is 0 Å². The van der Waals surface area contributed by atoms with E-state index in [2.05, 4.69) is 14.7 Å². The summed E-state index contributed by atoms with van der Waals surface area (Å²) in [6.07, 6.45) is 0. The molecule has 0 spiro atoms. The van der Waals surface area contributed by atoms with Crippen LogP contribution in [0.3, 0.4) is 0 Å². The minimum atomic E-state index is -3.65. The van der Waals surface area contributed by atoms with E-state index in [9.17, 15) is 8.42 Å². The van der Waals surface area contributed by atoms with E-state index < -0.39 is 10.0 Å². The Labute approximate surface area is 116 Å². The Morgan fingerprint density at radius 2 is 1.85 bits per heavy atom. The molecule has 2 aromatic rings. The maximum atomic E-state index is 12.2. The van der Waals surface area contributed by atoms with Crippen LogP contribution < -0.4 is 4.72 Å². The van der Waals surface area contributed by atoms with Crippen molar-refractivity contribution < 1.29 is 8.42 Å². The summed E-state index contributed by atoms with van der Waals surface area (Å²) in [6.45, 7) is 1.88. The zero-order valence-electron chi connectivity index (χ0n) is 10.7. The Bertz CT molecular complexity index is 763. The van der Waals surface area contributed by atoms with Gasteiger partial charge in [-0.05, 0) is 42.3 Å². The molecule has 0 saturated heterocycles. The summed E-state index contributed by atoms with van der Waals surface area (Å²) in [5.74, 6) is 0. The van der Waals surface area contributed by atoms with Gasteiger partial charge in [-0.3, -0.25) is 4.72 Å². The van der Waals surface area contributed by atoms with Crippen molar-refractivity contribution in [1.29, 1.82) is 0 Å². The van der Waals surface area contributed by atoms with Crippen LogP contribution in [-0.2, 0) is 10.0 Å². The Hall–Kier alpha value is -2.50. The molecular weight excluding hydrogens is 276 g/mol. The summed E-state index contributed by atoms with van der Waals surface area (Å²) in [4.78, 5) is 2.74. The SMILES string of the molecule is Cc1cccc(NS(=O)(=O)c2ccc(N=[N+]=[N-])cc2)c1. The van der Waals surface area contributed by atoms with Crippen LogP contribution in [0.4, 0.5) is 11.4 Å².